The highest BCUT2D eigenvalue weighted by Gasteiger charge is 2.24. The fourth-order valence-corrected chi connectivity index (χ4v) is 2.03. The Kier molecular flexibility index (Phi) is 4.28. The normalized spacial score (nSPS) is 12.2. The Bertz CT molecular complexity index is 318. The van der Waals surface area contributed by atoms with E-state index in [4.69, 9.17) is 4.55 Å². The van der Waals surface area contributed by atoms with Gasteiger partial charge in [0.1, 0.15) is 0 Å². The molecule has 0 heterocycles. The second kappa shape index (κ2) is 4.56. The second-order valence-electron chi connectivity index (χ2n) is 3.81. The molecule has 0 radical (unpaired) electrons. The molecule has 0 bridgehead atoms. The molecule has 0 aromatic heterocycles. The number of hydrogen-bond donors (Lipinski definition) is 2. The summed E-state index contributed by atoms with van der Waals surface area (Å²) in [7, 11) is -4.01. The van der Waals surface area contributed by atoms with Crippen molar-refractivity contribution in [3.8, 4) is 0 Å². The minimum absolute atomic E-state index is 0.164. The van der Waals surface area contributed by atoms with E-state index in [0.717, 1.165) is 6.08 Å². The number of hydrogen-bond acceptors (Lipinski definition) is 3. The monoisotopic (exact) mass is 221 g/mol. The molecule has 0 unspecified atom stereocenters. The summed E-state index contributed by atoms with van der Waals surface area (Å²) >= 11 is 0. The predicted molar refractivity (Wildman–Crippen MR) is 53.4 cm³/mol. The van der Waals surface area contributed by atoms with Crippen LogP contribution in [-0.4, -0.2) is 31.2 Å². The minimum atomic E-state index is -4.01. The van der Waals surface area contributed by atoms with Crippen LogP contribution in [0.1, 0.15) is 13.8 Å². The number of carbonyl (C=O) groups excluding carboxylic acids is 1. The van der Waals surface area contributed by atoms with E-state index in [1.165, 1.54) is 0 Å². The third-order valence-corrected chi connectivity index (χ3v) is 2.65. The van der Waals surface area contributed by atoms with Crippen molar-refractivity contribution in [3.05, 3.63) is 12.7 Å². The summed E-state index contributed by atoms with van der Waals surface area (Å²) < 4.78 is 29.8. The first-order valence-corrected chi connectivity index (χ1v) is 5.63. The molecule has 0 aliphatic rings. The van der Waals surface area contributed by atoms with Gasteiger partial charge in [-0.05, 0) is 11.5 Å². The van der Waals surface area contributed by atoms with Gasteiger partial charge in [0.2, 0.25) is 5.91 Å². The molecule has 0 aromatic rings. The molecule has 14 heavy (non-hydrogen) atoms. The van der Waals surface area contributed by atoms with Gasteiger partial charge in [-0.3, -0.25) is 9.35 Å². The van der Waals surface area contributed by atoms with Crippen LogP contribution in [0.5, 0.6) is 0 Å². The lowest BCUT2D eigenvalue weighted by molar-refractivity contribution is -0.116. The smallest absolute Gasteiger partial charge is 0.265 e. The molecule has 0 fully saturated rings. The molecular formula is C8H15NO4S. The van der Waals surface area contributed by atoms with Crippen molar-refractivity contribution in [1.82, 2.24) is 5.32 Å². The van der Waals surface area contributed by atoms with E-state index in [9.17, 15) is 13.2 Å². The zero-order valence-electron chi connectivity index (χ0n) is 8.28. The summed E-state index contributed by atoms with van der Waals surface area (Å²) in [6.07, 6.45) is 1.10. The van der Waals surface area contributed by atoms with Gasteiger partial charge in [-0.15, -0.1) is 0 Å². The first kappa shape index (κ1) is 13.1. The van der Waals surface area contributed by atoms with Gasteiger partial charge in [0.05, 0.1) is 5.75 Å². The molecule has 82 valence electrons. The highest BCUT2D eigenvalue weighted by molar-refractivity contribution is 7.85. The van der Waals surface area contributed by atoms with Gasteiger partial charge in [-0.25, -0.2) is 0 Å². The molecule has 0 aromatic carbocycles. The molecule has 1 amide bonds. The lowest BCUT2D eigenvalue weighted by atomic mass is 9.96. The summed E-state index contributed by atoms with van der Waals surface area (Å²) in [6, 6.07) is 0. The Morgan fingerprint density at radius 1 is 1.57 bits per heavy atom. The van der Waals surface area contributed by atoms with E-state index in [0.29, 0.717) is 0 Å². The van der Waals surface area contributed by atoms with Crippen LogP contribution in [0.25, 0.3) is 0 Å². The van der Waals surface area contributed by atoms with Crippen molar-refractivity contribution in [3.63, 3.8) is 0 Å². The minimum Gasteiger partial charge on any atom is -0.352 e. The van der Waals surface area contributed by atoms with Crippen molar-refractivity contribution >= 4 is 16.0 Å². The highest BCUT2D eigenvalue weighted by atomic mass is 32.2. The Hall–Kier alpha value is -0.880. The first-order chi connectivity index (χ1) is 6.16. The van der Waals surface area contributed by atoms with Gasteiger partial charge in [0.25, 0.3) is 10.1 Å². The maximum absolute atomic E-state index is 10.8. The quantitative estimate of drug-likeness (QED) is 0.513. The van der Waals surface area contributed by atoms with E-state index in [1.54, 1.807) is 13.8 Å². The van der Waals surface area contributed by atoms with E-state index in [2.05, 4.69) is 11.9 Å². The topological polar surface area (TPSA) is 83.5 Å². The van der Waals surface area contributed by atoms with Crippen molar-refractivity contribution in [2.75, 3.05) is 12.3 Å². The number of carbonyl (C=O) groups is 1. The van der Waals surface area contributed by atoms with Crippen LogP contribution in [0.4, 0.5) is 0 Å². The average Bonchev–Trinajstić information content (AvgIpc) is 1.96. The fraction of sp³-hybridized carbons (Fsp3) is 0.625. The van der Waals surface area contributed by atoms with Crippen LogP contribution in [0.3, 0.4) is 0 Å². The predicted octanol–water partition coefficient (Wildman–Crippen LogP) is 0.203. The lowest BCUT2D eigenvalue weighted by Gasteiger charge is -2.22. The van der Waals surface area contributed by atoms with Crippen LogP contribution < -0.4 is 5.32 Å². The van der Waals surface area contributed by atoms with Crippen LogP contribution in [0.15, 0.2) is 12.7 Å². The zero-order valence-corrected chi connectivity index (χ0v) is 9.10. The maximum Gasteiger partial charge on any atom is 0.265 e. The summed E-state index contributed by atoms with van der Waals surface area (Å²) in [5.74, 6) is -0.759. The standard InChI is InChI=1S/C8H15NO4S/c1-4-7(10)9-5-8(2,3)6-14(11,12)13/h4H,1,5-6H2,2-3H3,(H,9,10)(H,11,12,13). The molecule has 5 nitrogen and oxygen atoms in total. The molecule has 0 spiro atoms. The van der Waals surface area contributed by atoms with E-state index in [1.807, 2.05) is 0 Å². The highest BCUT2D eigenvalue weighted by Crippen LogP contribution is 2.15. The van der Waals surface area contributed by atoms with Crippen molar-refractivity contribution in [1.29, 1.82) is 0 Å². The van der Waals surface area contributed by atoms with Gasteiger partial charge < -0.3 is 5.32 Å². The lowest BCUT2D eigenvalue weighted by Crippen LogP contribution is -2.37. The van der Waals surface area contributed by atoms with Crippen LogP contribution in [-0.2, 0) is 14.9 Å². The summed E-state index contributed by atoms with van der Waals surface area (Å²) in [5.41, 5.74) is -0.702. The second-order valence-corrected chi connectivity index (χ2v) is 5.26. The fourth-order valence-electron chi connectivity index (χ4n) is 0.943. The molecule has 0 rings (SSSR count). The van der Waals surface area contributed by atoms with E-state index in [-0.39, 0.29) is 12.5 Å². The molecule has 0 atom stereocenters. The number of nitrogens with one attached hydrogen (secondary N) is 1. The van der Waals surface area contributed by atoms with Gasteiger partial charge in [-0.1, -0.05) is 20.4 Å². The first-order valence-electron chi connectivity index (χ1n) is 4.02. The maximum atomic E-state index is 10.8. The average molecular weight is 221 g/mol. The van der Waals surface area contributed by atoms with Gasteiger partial charge in [-0.2, -0.15) is 8.42 Å². The summed E-state index contributed by atoms with van der Waals surface area (Å²) in [4.78, 5) is 10.8. The molecule has 0 aliphatic heterocycles. The van der Waals surface area contributed by atoms with Crippen LogP contribution >= 0.6 is 0 Å². The SMILES string of the molecule is C=CC(=O)NCC(C)(C)CS(=O)(=O)O. The number of rotatable bonds is 5. The molecule has 0 aliphatic carbocycles. The number of amides is 1. The van der Waals surface area contributed by atoms with Crippen molar-refractivity contribution in [2.24, 2.45) is 5.41 Å². The molecular weight excluding hydrogens is 206 g/mol. The summed E-state index contributed by atoms with van der Waals surface area (Å²) in [5, 5.41) is 2.46. The molecule has 0 saturated carbocycles. The van der Waals surface area contributed by atoms with Crippen LogP contribution in [0.2, 0.25) is 0 Å². The Balaban J connectivity index is 4.21. The Morgan fingerprint density at radius 3 is 2.43 bits per heavy atom. The third kappa shape index (κ3) is 6.62. The summed E-state index contributed by atoms with van der Waals surface area (Å²) in [6.45, 7) is 6.68. The Labute approximate surface area is 83.9 Å². The molecule has 2 N–H and O–H groups in total. The third-order valence-electron chi connectivity index (χ3n) is 1.50. The molecule has 6 heteroatoms. The van der Waals surface area contributed by atoms with E-state index >= 15 is 0 Å². The van der Waals surface area contributed by atoms with Gasteiger partial charge >= 0.3 is 0 Å². The zero-order chi connectivity index (χ0) is 11.4. The van der Waals surface area contributed by atoms with Gasteiger partial charge in [0.15, 0.2) is 0 Å². The van der Waals surface area contributed by atoms with Crippen molar-refractivity contribution in [2.45, 2.75) is 13.8 Å². The molecule has 0 saturated heterocycles. The Morgan fingerprint density at radius 2 is 2.07 bits per heavy atom. The van der Waals surface area contributed by atoms with Crippen molar-refractivity contribution < 1.29 is 17.8 Å². The van der Waals surface area contributed by atoms with Gasteiger partial charge in [0, 0.05) is 6.54 Å². The largest absolute Gasteiger partial charge is 0.352 e. The van der Waals surface area contributed by atoms with Crippen LogP contribution in [0, 0.1) is 5.41 Å². The van der Waals surface area contributed by atoms with E-state index < -0.39 is 21.3 Å².